The summed E-state index contributed by atoms with van der Waals surface area (Å²) in [6, 6.07) is 4.03. The molecule has 0 atom stereocenters. The minimum atomic E-state index is 0.582. The van der Waals surface area contributed by atoms with E-state index in [1.807, 2.05) is 18.3 Å². The quantitative estimate of drug-likeness (QED) is 0.644. The molecule has 1 aliphatic heterocycles. The normalized spacial score (nSPS) is 15.8. The Balaban J connectivity index is 1.89. The minimum absolute atomic E-state index is 0.582. The molecule has 108 valence electrons. The van der Waals surface area contributed by atoms with E-state index in [1.165, 1.54) is 0 Å². The number of likely N-dealkylation sites (N-methyl/N-ethyl adjacent to an activating group) is 1. The highest BCUT2D eigenvalue weighted by atomic mass is 32.1. The van der Waals surface area contributed by atoms with E-state index in [9.17, 15) is 0 Å². The van der Waals surface area contributed by atoms with E-state index >= 15 is 0 Å². The zero-order chi connectivity index (χ0) is 14.4. The second-order valence-corrected chi connectivity index (χ2v) is 5.23. The standard InChI is InChI=1S/C14H21N5S/c1-3-6-15-14(20)17-12-4-5-13(16-11-12)19-9-7-18(2)8-10-19/h3-5,11H,1,6-10H2,2H3,(H2,15,17,20). The summed E-state index contributed by atoms with van der Waals surface area (Å²) in [6.45, 7) is 8.50. The van der Waals surface area contributed by atoms with Gasteiger partial charge < -0.3 is 20.4 Å². The Labute approximate surface area is 125 Å². The number of rotatable bonds is 4. The van der Waals surface area contributed by atoms with E-state index in [1.54, 1.807) is 6.08 Å². The molecule has 1 aliphatic rings. The Morgan fingerprint density at radius 2 is 2.15 bits per heavy atom. The van der Waals surface area contributed by atoms with Gasteiger partial charge in [0.25, 0.3) is 0 Å². The molecule has 6 heteroatoms. The largest absolute Gasteiger partial charge is 0.359 e. The van der Waals surface area contributed by atoms with Gasteiger partial charge in [0, 0.05) is 32.7 Å². The average molecular weight is 291 g/mol. The third-order valence-electron chi connectivity index (χ3n) is 3.24. The highest BCUT2D eigenvalue weighted by molar-refractivity contribution is 7.80. The van der Waals surface area contributed by atoms with E-state index in [0.29, 0.717) is 11.7 Å². The first-order valence-electron chi connectivity index (χ1n) is 6.74. The van der Waals surface area contributed by atoms with Crippen molar-refractivity contribution in [1.29, 1.82) is 0 Å². The molecule has 2 rings (SSSR count). The van der Waals surface area contributed by atoms with Gasteiger partial charge in [0.05, 0.1) is 11.9 Å². The zero-order valence-corrected chi connectivity index (χ0v) is 12.6. The number of nitrogens with one attached hydrogen (secondary N) is 2. The number of hydrogen-bond acceptors (Lipinski definition) is 4. The van der Waals surface area contributed by atoms with Gasteiger partial charge in [0.1, 0.15) is 5.82 Å². The molecule has 1 aromatic rings. The first-order chi connectivity index (χ1) is 9.69. The van der Waals surface area contributed by atoms with Crippen molar-refractivity contribution < 1.29 is 0 Å². The van der Waals surface area contributed by atoms with E-state index < -0.39 is 0 Å². The molecule has 0 bridgehead atoms. The minimum Gasteiger partial charge on any atom is -0.359 e. The lowest BCUT2D eigenvalue weighted by molar-refractivity contribution is 0.312. The fourth-order valence-electron chi connectivity index (χ4n) is 2.02. The maximum atomic E-state index is 5.16. The van der Waals surface area contributed by atoms with Crippen molar-refractivity contribution in [2.75, 3.05) is 50.0 Å². The summed E-state index contributed by atoms with van der Waals surface area (Å²) in [6.07, 6.45) is 3.58. The van der Waals surface area contributed by atoms with Crippen LogP contribution in [-0.4, -0.2) is 54.8 Å². The zero-order valence-electron chi connectivity index (χ0n) is 11.8. The van der Waals surface area contributed by atoms with Crippen LogP contribution >= 0.6 is 12.2 Å². The molecule has 0 aliphatic carbocycles. The Bertz CT molecular complexity index is 451. The average Bonchev–Trinajstić information content (AvgIpc) is 2.47. The molecule has 0 saturated carbocycles. The summed E-state index contributed by atoms with van der Waals surface area (Å²) in [4.78, 5) is 9.13. The summed E-state index contributed by atoms with van der Waals surface area (Å²) in [5, 5.41) is 6.70. The van der Waals surface area contributed by atoms with Crippen molar-refractivity contribution in [2.45, 2.75) is 0 Å². The first kappa shape index (κ1) is 14.7. The van der Waals surface area contributed by atoms with Crippen LogP contribution in [0.2, 0.25) is 0 Å². The summed E-state index contributed by atoms with van der Waals surface area (Å²) >= 11 is 5.16. The van der Waals surface area contributed by atoms with Crippen LogP contribution in [0.15, 0.2) is 31.0 Å². The van der Waals surface area contributed by atoms with Crippen LogP contribution in [0.5, 0.6) is 0 Å². The van der Waals surface area contributed by atoms with Crippen LogP contribution in [0.25, 0.3) is 0 Å². The molecule has 5 nitrogen and oxygen atoms in total. The van der Waals surface area contributed by atoms with Crippen LogP contribution in [0, 0.1) is 0 Å². The SMILES string of the molecule is C=CCNC(=S)Nc1ccc(N2CCN(C)CC2)nc1. The molecular formula is C14H21N5S. The van der Waals surface area contributed by atoms with Crippen molar-refractivity contribution >= 4 is 28.8 Å². The second kappa shape index (κ2) is 7.21. The van der Waals surface area contributed by atoms with E-state index in [-0.39, 0.29) is 0 Å². The first-order valence-corrected chi connectivity index (χ1v) is 7.15. The molecule has 0 radical (unpaired) electrons. The van der Waals surface area contributed by atoms with Gasteiger partial charge in [-0.1, -0.05) is 6.08 Å². The van der Waals surface area contributed by atoms with Crippen LogP contribution in [0.1, 0.15) is 0 Å². The van der Waals surface area contributed by atoms with Gasteiger partial charge in [0.2, 0.25) is 0 Å². The molecule has 2 N–H and O–H groups in total. The van der Waals surface area contributed by atoms with E-state index in [0.717, 1.165) is 37.7 Å². The van der Waals surface area contributed by atoms with Gasteiger partial charge in [-0.25, -0.2) is 4.98 Å². The van der Waals surface area contributed by atoms with Gasteiger partial charge >= 0.3 is 0 Å². The van der Waals surface area contributed by atoms with Gasteiger partial charge in [-0.3, -0.25) is 0 Å². The van der Waals surface area contributed by atoms with Crippen LogP contribution in [0.3, 0.4) is 0 Å². The fraction of sp³-hybridized carbons (Fsp3) is 0.429. The molecule has 1 saturated heterocycles. The summed E-state index contributed by atoms with van der Waals surface area (Å²) in [7, 11) is 2.15. The molecule has 0 amide bonds. The Kier molecular flexibility index (Phi) is 5.31. The highest BCUT2D eigenvalue weighted by Crippen LogP contribution is 2.15. The van der Waals surface area contributed by atoms with Crippen LogP contribution in [-0.2, 0) is 0 Å². The maximum Gasteiger partial charge on any atom is 0.171 e. The van der Waals surface area contributed by atoms with Crippen molar-refractivity contribution in [3.05, 3.63) is 31.0 Å². The molecule has 0 aromatic carbocycles. The summed E-state index contributed by atoms with van der Waals surface area (Å²) < 4.78 is 0. The predicted molar refractivity (Wildman–Crippen MR) is 88.4 cm³/mol. The molecular weight excluding hydrogens is 270 g/mol. The Morgan fingerprint density at radius 3 is 2.75 bits per heavy atom. The van der Waals surface area contributed by atoms with Gasteiger partial charge in [-0.15, -0.1) is 6.58 Å². The third kappa shape index (κ3) is 4.18. The fourth-order valence-corrected chi connectivity index (χ4v) is 2.22. The Hall–Kier alpha value is -1.66. The van der Waals surface area contributed by atoms with Gasteiger partial charge in [-0.05, 0) is 31.4 Å². The van der Waals surface area contributed by atoms with E-state index in [4.69, 9.17) is 12.2 Å². The van der Waals surface area contributed by atoms with Gasteiger partial charge in [0.15, 0.2) is 5.11 Å². The van der Waals surface area contributed by atoms with Crippen molar-refractivity contribution in [3.8, 4) is 0 Å². The molecule has 1 fully saturated rings. The van der Waals surface area contributed by atoms with Crippen molar-refractivity contribution in [1.82, 2.24) is 15.2 Å². The third-order valence-corrected chi connectivity index (χ3v) is 3.49. The Morgan fingerprint density at radius 1 is 1.40 bits per heavy atom. The summed E-state index contributed by atoms with van der Waals surface area (Å²) in [5.41, 5.74) is 0.893. The lowest BCUT2D eigenvalue weighted by atomic mass is 10.3. The van der Waals surface area contributed by atoms with Crippen LogP contribution in [0.4, 0.5) is 11.5 Å². The number of pyridine rings is 1. The second-order valence-electron chi connectivity index (χ2n) is 4.82. The number of thiocarbonyl (C=S) groups is 1. The lowest BCUT2D eigenvalue weighted by Crippen LogP contribution is -2.44. The van der Waals surface area contributed by atoms with Crippen molar-refractivity contribution in [2.24, 2.45) is 0 Å². The molecule has 20 heavy (non-hydrogen) atoms. The number of hydrogen-bond donors (Lipinski definition) is 2. The van der Waals surface area contributed by atoms with Gasteiger partial charge in [-0.2, -0.15) is 0 Å². The van der Waals surface area contributed by atoms with Crippen molar-refractivity contribution in [3.63, 3.8) is 0 Å². The molecule has 0 spiro atoms. The highest BCUT2D eigenvalue weighted by Gasteiger charge is 2.14. The number of aromatic nitrogens is 1. The maximum absolute atomic E-state index is 5.16. The van der Waals surface area contributed by atoms with E-state index in [2.05, 4.69) is 39.0 Å². The molecule has 2 heterocycles. The number of piperazine rings is 1. The molecule has 0 unspecified atom stereocenters. The summed E-state index contributed by atoms with van der Waals surface area (Å²) in [5.74, 6) is 1.02. The predicted octanol–water partition coefficient (Wildman–Crippen LogP) is 1.31. The topological polar surface area (TPSA) is 43.4 Å². The van der Waals surface area contributed by atoms with Crippen LogP contribution < -0.4 is 15.5 Å². The number of nitrogens with zero attached hydrogens (tertiary/aromatic N) is 3. The lowest BCUT2D eigenvalue weighted by Gasteiger charge is -2.33. The molecule has 1 aromatic heterocycles. The smallest absolute Gasteiger partial charge is 0.171 e. The monoisotopic (exact) mass is 291 g/mol. The number of anilines is 2.